The Morgan fingerprint density at radius 2 is 2.21 bits per heavy atom. The molecule has 0 saturated heterocycles. The summed E-state index contributed by atoms with van der Waals surface area (Å²) in [6.07, 6.45) is 1.06. The summed E-state index contributed by atoms with van der Waals surface area (Å²) < 4.78 is 5.69. The lowest BCUT2D eigenvalue weighted by molar-refractivity contribution is -0.127. The molecule has 1 rings (SSSR count). The molecule has 3 N–H and O–H groups in total. The Morgan fingerprint density at radius 3 is 2.79 bits per heavy atom. The summed E-state index contributed by atoms with van der Waals surface area (Å²) in [7, 11) is 0. The van der Waals surface area contributed by atoms with Crippen LogP contribution in [0, 0.1) is 6.92 Å². The van der Waals surface area contributed by atoms with E-state index in [0.29, 0.717) is 12.3 Å². The van der Waals surface area contributed by atoms with Gasteiger partial charge in [-0.1, -0.05) is 23.8 Å². The van der Waals surface area contributed by atoms with E-state index in [1.807, 2.05) is 32.0 Å². The van der Waals surface area contributed by atoms with Gasteiger partial charge in [-0.25, -0.2) is 0 Å². The molecule has 1 aromatic rings. The lowest BCUT2D eigenvalue weighted by Crippen LogP contribution is -2.36. The lowest BCUT2D eigenvalue weighted by Gasteiger charge is -2.19. The topological polar surface area (TPSA) is 64.3 Å². The summed E-state index contributed by atoms with van der Waals surface area (Å²) in [5.41, 5.74) is 7.94. The fourth-order valence-corrected chi connectivity index (χ4v) is 1.69. The number of nitrogens with two attached hydrogens (primary N) is 1. The fraction of sp³-hybridized carbons (Fsp3) is 0.400. The van der Waals surface area contributed by atoms with Gasteiger partial charge in [0.25, 0.3) is 5.91 Å². The van der Waals surface area contributed by atoms with Crippen LogP contribution >= 0.6 is 0 Å². The molecule has 0 radical (unpaired) electrons. The molecule has 0 aliphatic carbocycles. The van der Waals surface area contributed by atoms with Gasteiger partial charge in [-0.3, -0.25) is 4.79 Å². The molecule has 4 heteroatoms. The summed E-state index contributed by atoms with van der Waals surface area (Å²) in [5.74, 6) is 0.484. The lowest BCUT2D eigenvalue weighted by atomic mass is 10.1. The molecule has 1 amide bonds. The molecule has 19 heavy (non-hydrogen) atoms. The van der Waals surface area contributed by atoms with E-state index in [4.69, 9.17) is 10.5 Å². The summed E-state index contributed by atoms with van der Waals surface area (Å²) in [5, 5.41) is 2.70. The van der Waals surface area contributed by atoms with Crippen molar-refractivity contribution in [1.82, 2.24) is 5.32 Å². The number of aryl methyl sites for hydroxylation is 1. The highest BCUT2D eigenvalue weighted by Gasteiger charge is 2.16. The monoisotopic (exact) mass is 262 g/mol. The van der Waals surface area contributed by atoms with Gasteiger partial charge in [-0.2, -0.15) is 0 Å². The SMILES string of the molecule is C=CCNC(=O)C(C)Oc1ccc(C)cc1[C@@H](C)N. The second kappa shape index (κ2) is 6.95. The molecule has 104 valence electrons. The Morgan fingerprint density at radius 1 is 1.53 bits per heavy atom. The van der Waals surface area contributed by atoms with Gasteiger partial charge in [0.1, 0.15) is 5.75 Å². The summed E-state index contributed by atoms with van der Waals surface area (Å²) in [4.78, 5) is 11.7. The van der Waals surface area contributed by atoms with Gasteiger partial charge in [0.05, 0.1) is 0 Å². The molecule has 0 aliphatic heterocycles. The van der Waals surface area contributed by atoms with Gasteiger partial charge in [0, 0.05) is 18.2 Å². The van der Waals surface area contributed by atoms with Gasteiger partial charge < -0.3 is 15.8 Å². The smallest absolute Gasteiger partial charge is 0.261 e. The number of carbonyl (C=O) groups excluding carboxylic acids is 1. The number of amides is 1. The standard InChI is InChI=1S/C15H22N2O2/c1-5-8-17-15(18)12(4)19-14-7-6-10(2)9-13(14)11(3)16/h5-7,9,11-12H,1,8,16H2,2-4H3,(H,17,18)/t11-,12?/m1/s1. The van der Waals surface area contributed by atoms with E-state index in [1.165, 1.54) is 0 Å². The van der Waals surface area contributed by atoms with Crippen molar-refractivity contribution in [2.24, 2.45) is 5.73 Å². The molecule has 1 unspecified atom stereocenters. The van der Waals surface area contributed by atoms with Crippen LogP contribution in [0.5, 0.6) is 5.75 Å². The Hall–Kier alpha value is -1.81. The molecule has 0 saturated carbocycles. The Balaban J connectivity index is 2.81. The van der Waals surface area contributed by atoms with Crippen molar-refractivity contribution in [2.75, 3.05) is 6.54 Å². The molecule has 1 aromatic carbocycles. The third-order valence-corrected chi connectivity index (χ3v) is 2.75. The van der Waals surface area contributed by atoms with Crippen LogP contribution < -0.4 is 15.8 Å². The molecule has 2 atom stereocenters. The first-order valence-corrected chi connectivity index (χ1v) is 6.37. The predicted octanol–water partition coefficient (Wildman–Crippen LogP) is 2.08. The quantitative estimate of drug-likeness (QED) is 0.771. The van der Waals surface area contributed by atoms with Gasteiger partial charge in [0.15, 0.2) is 6.10 Å². The van der Waals surface area contributed by atoms with E-state index in [2.05, 4.69) is 11.9 Å². The van der Waals surface area contributed by atoms with Crippen LogP contribution in [0.2, 0.25) is 0 Å². The van der Waals surface area contributed by atoms with Crippen LogP contribution in [0.4, 0.5) is 0 Å². The minimum atomic E-state index is -0.569. The van der Waals surface area contributed by atoms with Crippen molar-refractivity contribution in [3.63, 3.8) is 0 Å². The molecule has 0 fully saturated rings. The van der Waals surface area contributed by atoms with E-state index in [9.17, 15) is 4.79 Å². The maximum atomic E-state index is 11.7. The summed E-state index contributed by atoms with van der Waals surface area (Å²) in [6.45, 7) is 9.58. The van der Waals surface area contributed by atoms with E-state index in [1.54, 1.807) is 13.0 Å². The Kier molecular flexibility index (Phi) is 5.57. The highest BCUT2D eigenvalue weighted by Crippen LogP contribution is 2.25. The van der Waals surface area contributed by atoms with E-state index in [-0.39, 0.29) is 11.9 Å². The van der Waals surface area contributed by atoms with Crippen LogP contribution in [0.15, 0.2) is 30.9 Å². The second-order valence-corrected chi connectivity index (χ2v) is 4.62. The van der Waals surface area contributed by atoms with Crippen LogP contribution in [-0.4, -0.2) is 18.6 Å². The maximum Gasteiger partial charge on any atom is 0.261 e. The number of hydrogen-bond donors (Lipinski definition) is 2. The zero-order valence-corrected chi connectivity index (χ0v) is 11.8. The molecular formula is C15H22N2O2. The first kappa shape index (κ1) is 15.2. The van der Waals surface area contributed by atoms with Gasteiger partial charge in [0.2, 0.25) is 0 Å². The number of hydrogen-bond acceptors (Lipinski definition) is 3. The van der Waals surface area contributed by atoms with Crippen LogP contribution in [-0.2, 0) is 4.79 Å². The van der Waals surface area contributed by atoms with E-state index >= 15 is 0 Å². The minimum absolute atomic E-state index is 0.140. The molecule has 0 heterocycles. The number of ether oxygens (including phenoxy) is 1. The molecule has 0 spiro atoms. The highest BCUT2D eigenvalue weighted by atomic mass is 16.5. The molecular weight excluding hydrogens is 240 g/mol. The summed E-state index contributed by atoms with van der Waals surface area (Å²) >= 11 is 0. The predicted molar refractivity (Wildman–Crippen MR) is 77.1 cm³/mol. The average molecular weight is 262 g/mol. The largest absolute Gasteiger partial charge is 0.481 e. The van der Waals surface area contributed by atoms with Gasteiger partial charge in [-0.05, 0) is 26.8 Å². The van der Waals surface area contributed by atoms with Gasteiger partial charge in [-0.15, -0.1) is 6.58 Å². The second-order valence-electron chi connectivity index (χ2n) is 4.62. The third-order valence-electron chi connectivity index (χ3n) is 2.75. The van der Waals surface area contributed by atoms with Crippen molar-refractivity contribution >= 4 is 5.91 Å². The van der Waals surface area contributed by atoms with Crippen LogP contribution in [0.25, 0.3) is 0 Å². The number of benzene rings is 1. The van der Waals surface area contributed by atoms with Crippen molar-refractivity contribution in [1.29, 1.82) is 0 Å². The highest BCUT2D eigenvalue weighted by molar-refractivity contribution is 5.80. The average Bonchev–Trinajstić information content (AvgIpc) is 2.37. The molecule has 0 bridgehead atoms. The van der Waals surface area contributed by atoms with Crippen molar-refractivity contribution in [2.45, 2.75) is 32.9 Å². The van der Waals surface area contributed by atoms with Crippen LogP contribution in [0.1, 0.15) is 31.0 Å². The third kappa shape index (κ3) is 4.41. The zero-order valence-electron chi connectivity index (χ0n) is 11.8. The van der Waals surface area contributed by atoms with Crippen molar-refractivity contribution in [3.8, 4) is 5.75 Å². The van der Waals surface area contributed by atoms with Crippen molar-refractivity contribution < 1.29 is 9.53 Å². The van der Waals surface area contributed by atoms with Gasteiger partial charge >= 0.3 is 0 Å². The number of rotatable bonds is 6. The maximum absolute atomic E-state index is 11.7. The Labute approximate surface area is 114 Å². The zero-order chi connectivity index (χ0) is 14.4. The Bertz CT molecular complexity index is 455. The van der Waals surface area contributed by atoms with E-state index in [0.717, 1.165) is 11.1 Å². The molecule has 0 aromatic heterocycles. The molecule has 4 nitrogen and oxygen atoms in total. The van der Waals surface area contributed by atoms with E-state index < -0.39 is 6.10 Å². The van der Waals surface area contributed by atoms with Crippen molar-refractivity contribution in [3.05, 3.63) is 42.0 Å². The fourth-order valence-electron chi connectivity index (χ4n) is 1.69. The minimum Gasteiger partial charge on any atom is -0.481 e. The van der Waals surface area contributed by atoms with Crippen LogP contribution in [0.3, 0.4) is 0 Å². The normalized spacial score (nSPS) is 13.5. The summed E-state index contributed by atoms with van der Waals surface area (Å²) in [6, 6.07) is 5.63. The number of carbonyl (C=O) groups is 1. The number of nitrogens with one attached hydrogen (secondary N) is 1. The first-order chi connectivity index (χ1) is 8.95. The first-order valence-electron chi connectivity index (χ1n) is 6.37. The molecule has 0 aliphatic rings.